The van der Waals surface area contributed by atoms with Gasteiger partial charge in [-0.25, -0.2) is 0 Å². The molecule has 2 aromatic rings. The molecule has 0 saturated heterocycles. The second-order valence-corrected chi connectivity index (χ2v) is 6.49. The minimum Gasteiger partial charge on any atom is -0.508 e. The first-order chi connectivity index (χ1) is 11.5. The number of phenolic OH excluding ortho intramolecular Hbond substituents is 1. The van der Waals surface area contributed by atoms with Crippen LogP contribution in [0, 0.1) is 0 Å². The van der Waals surface area contributed by atoms with E-state index in [9.17, 15) is 9.90 Å². The van der Waals surface area contributed by atoms with Crippen molar-refractivity contribution in [3.8, 4) is 5.75 Å². The molecule has 0 amide bonds. The minimum absolute atomic E-state index is 0.150. The van der Waals surface area contributed by atoms with Crippen molar-refractivity contribution in [3.05, 3.63) is 64.7 Å². The zero-order valence-corrected chi connectivity index (χ0v) is 14.6. The van der Waals surface area contributed by atoms with Crippen molar-refractivity contribution in [1.29, 1.82) is 0 Å². The Morgan fingerprint density at radius 3 is 2.46 bits per heavy atom. The topological polar surface area (TPSA) is 46.5 Å². The van der Waals surface area contributed by atoms with Crippen LogP contribution in [0.3, 0.4) is 0 Å². The van der Waals surface area contributed by atoms with Gasteiger partial charge in [0.2, 0.25) is 0 Å². The van der Waals surface area contributed by atoms with E-state index in [1.54, 1.807) is 23.9 Å². The fourth-order valence-electron chi connectivity index (χ4n) is 2.81. The number of fused-ring (bicyclic) bond motifs is 1. The molecule has 3 rings (SSSR count). The van der Waals surface area contributed by atoms with E-state index >= 15 is 0 Å². The standard InChI is InChI=1S/C20H18O3S/c1-12-18(10-14-4-7-16(24-3)8-5-14)17-9-6-15(22)11-19(17)20(12)23-13(2)21/h4-11,22H,1-3H3. The van der Waals surface area contributed by atoms with Crippen molar-refractivity contribution in [2.75, 3.05) is 6.26 Å². The lowest BCUT2D eigenvalue weighted by atomic mass is 10.0. The molecule has 4 heteroatoms. The number of aromatic hydroxyl groups is 1. The number of rotatable bonds is 3. The Morgan fingerprint density at radius 1 is 1.12 bits per heavy atom. The lowest BCUT2D eigenvalue weighted by Gasteiger charge is -2.05. The van der Waals surface area contributed by atoms with Crippen molar-refractivity contribution in [2.45, 2.75) is 18.7 Å². The predicted octanol–water partition coefficient (Wildman–Crippen LogP) is 4.96. The molecule has 0 aromatic heterocycles. The number of thioether (sulfide) groups is 1. The van der Waals surface area contributed by atoms with Crippen molar-refractivity contribution < 1.29 is 14.6 Å². The van der Waals surface area contributed by atoms with Crippen LogP contribution >= 0.6 is 11.8 Å². The highest BCUT2D eigenvalue weighted by Gasteiger charge is 2.26. The second-order valence-electron chi connectivity index (χ2n) is 5.61. The average molecular weight is 338 g/mol. The van der Waals surface area contributed by atoms with Gasteiger partial charge in [-0.3, -0.25) is 4.79 Å². The van der Waals surface area contributed by atoms with Crippen LogP contribution in [0.1, 0.15) is 30.5 Å². The average Bonchev–Trinajstić information content (AvgIpc) is 2.80. The summed E-state index contributed by atoms with van der Waals surface area (Å²) in [4.78, 5) is 12.6. The maximum atomic E-state index is 11.4. The summed E-state index contributed by atoms with van der Waals surface area (Å²) in [5.41, 5.74) is 4.66. The van der Waals surface area contributed by atoms with Gasteiger partial charge in [-0.05, 0) is 66.3 Å². The number of ether oxygens (including phenoxy) is 1. The first-order valence-electron chi connectivity index (χ1n) is 7.59. The summed E-state index contributed by atoms with van der Waals surface area (Å²) in [6.45, 7) is 3.31. The van der Waals surface area contributed by atoms with E-state index in [0.29, 0.717) is 5.76 Å². The normalized spacial score (nSPS) is 14.9. The monoisotopic (exact) mass is 338 g/mol. The van der Waals surface area contributed by atoms with E-state index in [1.165, 1.54) is 11.8 Å². The molecule has 0 fully saturated rings. The Hall–Kier alpha value is -2.46. The van der Waals surface area contributed by atoms with Gasteiger partial charge >= 0.3 is 5.97 Å². The minimum atomic E-state index is -0.371. The lowest BCUT2D eigenvalue weighted by Crippen LogP contribution is -1.97. The number of hydrogen-bond donors (Lipinski definition) is 1. The van der Waals surface area contributed by atoms with Crippen LogP contribution in [0.5, 0.6) is 5.75 Å². The first kappa shape index (κ1) is 16.4. The van der Waals surface area contributed by atoms with Gasteiger partial charge in [0.05, 0.1) is 0 Å². The van der Waals surface area contributed by atoms with Gasteiger partial charge in [0, 0.05) is 23.0 Å². The van der Waals surface area contributed by atoms with Crippen molar-refractivity contribution in [1.82, 2.24) is 0 Å². The van der Waals surface area contributed by atoms with Gasteiger partial charge in [-0.2, -0.15) is 0 Å². The lowest BCUT2D eigenvalue weighted by molar-refractivity contribution is -0.134. The zero-order chi connectivity index (χ0) is 17.3. The third-order valence-corrected chi connectivity index (χ3v) is 4.70. The number of carbonyl (C=O) groups excluding carboxylic acids is 1. The van der Waals surface area contributed by atoms with E-state index in [4.69, 9.17) is 4.74 Å². The summed E-state index contributed by atoms with van der Waals surface area (Å²) < 4.78 is 5.39. The molecule has 0 atom stereocenters. The molecule has 0 aliphatic heterocycles. The van der Waals surface area contributed by atoms with Crippen LogP contribution in [0.15, 0.2) is 52.9 Å². The fraction of sp³-hybridized carbons (Fsp3) is 0.150. The maximum Gasteiger partial charge on any atom is 0.308 e. The van der Waals surface area contributed by atoms with Gasteiger partial charge in [0.15, 0.2) is 0 Å². The van der Waals surface area contributed by atoms with E-state index in [-0.39, 0.29) is 11.7 Å². The van der Waals surface area contributed by atoms with Crippen LogP contribution in [0.25, 0.3) is 17.4 Å². The summed E-state index contributed by atoms with van der Waals surface area (Å²) >= 11 is 1.70. The molecule has 122 valence electrons. The van der Waals surface area contributed by atoms with Crippen molar-refractivity contribution in [2.24, 2.45) is 0 Å². The number of carbonyl (C=O) groups is 1. The highest BCUT2D eigenvalue weighted by molar-refractivity contribution is 7.98. The molecule has 0 heterocycles. The Balaban J connectivity index is 2.11. The van der Waals surface area contributed by atoms with Crippen LogP contribution in [-0.4, -0.2) is 17.3 Å². The molecule has 0 unspecified atom stereocenters. The molecule has 24 heavy (non-hydrogen) atoms. The number of allylic oxidation sites excluding steroid dienone is 2. The highest BCUT2D eigenvalue weighted by atomic mass is 32.2. The largest absolute Gasteiger partial charge is 0.508 e. The molecule has 1 aliphatic carbocycles. The Labute approximate surface area is 145 Å². The number of phenols is 1. The van der Waals surface area contributed by atoms with Gasteiger partial charge < -0.3 is 9.84 Å². The second kappa shape index (κ2) is 6.57. The molecule has 0 spiro atoms. The fourth-order valence-corrected chi connectivity index (χ4v) is 3.22. The summed E-state index contributed by atoms with van der Waals surface area (Å²) in [6, 6.07) is 13.4. The van der Waals surface area contributed by atoms with Gasteiger partial charge in [0.25, 0.3) is 0 Å². The van der Waals surface area contributed by atoms with Crippen LogP contribution < -0.4 is 0 Å². The third kappa shape index (κ3) is 3.10. The molecule has 1 N–H and O–H groups in total. The Kier molecular flexibility index (Phi) is 4.49. The van der Waals surface area contributed by atoms with Crippen molar-refractivity contribution in [3.63, 3.8) is 0 Å². The number of hydrogen-bond acceptors (Lipinski definition) is 4. The van der Waals surface area contributed by atoms with Crippen LogP contribution in [-0.2, 0) is 9.53 Å². The van der Waals surface area contributed by atoms with Crippen molar-refractivity contribution >= 4 is 35.1 Å². The molecule has 0 radical (unpaired) electrons. The third-order valence-electron chi connectivity index (χ3n) is 3.96. The molecule has 2 aromatic carbocycles. The SMILES string of the molecule is CSc1ccc(C=C2C(C)=C(OC(C)=O)c3cc(O)ccc32)cc1. The van der Waals surface area contributed by atoms with Gasteiger partial charge in [-0.15, -0.1) is 11.8 Å². The quantitative estimate of drug-likeness (QED) is 0.634. The molecule has 1 aliphatic rings. The number of esters is 1. The molecule has 0 bridgehead atoms. The van der Waals surface area contributed by atoms with E-state index in [2.05, 4.69) is 30.3 Å². The Morgan fingerprint density at radius 2 is 1.83 bits per heavy atom. The van der Waals surface area contributed by atoms with Crippen LogP contribution in [0.4, 0.5) is 0 Å². The molecule has 0 saturated carbocycles. The van der Waals surface area contributed by atoms with E-state index < -0.39 is 0 Å². The van der Waals surface area contributed by atoms with E-state index in [0.717, 1.165) is 27.8 Å². The smallest absolute Gasteiger partial charge is 0.308 e. The van der Waals surface area contributed by atoms with Crippen LogP contribution in [0.2, 0.25) is 0 Å². The predicted molar refractivity (Wildman–Crippen MR) is 98.6 cm³/mol. The summed E-state index contributed by atoms with van der Waals surface area (Å²) in [7, 11) is 0. The number of benzene rings is 2. The zero-order valence-electron chi connectivity index (χ0n) is 13.8. The summed E-state index contributed by atoms with van der Waals surface area (Å²) in [6.07, 6.45) is 4.12. The summed E-state index contributed by atoms with van der Waals surface area (Å²) in [5.74, 6) is 0.293. The first-order valence-corrected chi connectivity index (χ1v) is 8.81. The molecule has 3 nitrogen and oxygen atoms in total. The highest BCUT2D eigenvalue weighted by Crippen LogP contribution is 2.43. The van der Waals surface area contributed by atoms with Gasteiger partial charge in [0.1, 0.15) is 11.5 Å². The maximum absolute atomic E-state index is 11.4. The summed E-state index contributed by atoms with van der Waals surface area (Å²) in [5, 5.41) is 9.78. The van der Waals surface area contributed by atoms with Gasteiger partial charge in [-0.1, -0.05) is 12.1 Å². The Bertz CT molecular complexity index is 861. The molecular formula is C20H18O3S. The van der Waals surface area contributed by atoms with E-state index in [1.807, 2.05) is 19.2 Å². The molecular weight excluding hydrogens is 320 g/mol.